The second-order valence-electron chi connectivity index (χ2n) is 4.90. The summed E-state index contributed by atoms with van der Waals surface area (Å²) < 4.78 is 5.28. The number of rotatable bonds is 5. The molecule has 0 atom stereocenters. The van der Waals surface area contributed by atoms with Crippen LogP contribution in [0, 0.1) is 0 Å². The summed E-state index contributed by atoms with van der Waals surface area (Å²) in [6, 6.07) is 11.9. The fourth-order valence-corrected chi connectivity index (χ4v) is 2.20. The van der Waals surface area contributed by atoms with E-state index in [0.29, 0.717) is 22.0 Å². The highest BCUT2D eigenvalue weighted by Crippen LogP contribution is 2.22. The lowest BCUT2D eigenvalue weighted by Crippen LogP contribution is -2.23. The molecule has 2 N–H and O–H groups in total. The first-order chi connectivity index (χ1) is 11.0. The number of benzene rings is 2. The average Bonchev–Trinajstić information content (AvgIpc) is 2.53. The Morgan fingerprint density at radius 1 is 1.13 bits per heavy atom. The molecule has 5 nitrogen and oxygen atoms in total. The van der Waals surface area contributed by atoms with Crippen LogP contribution in [0.25, 0.3) is 0 Å². The summed E-state index contributed by atoms with van der Waals surface area (Å²) in [5, 5.41) is 6.09. The Bertz CT molecular complexity index is 714. The lowest BCUT2D eigenvalue weighted by atomic mass is 10.1. The van der Waals surface area contributed by atoms with Gasteiger partial charge in [0.05, 0.1) is 7.11 Å². The Balaban J connectivity index is 2.10. The molecule has 0 spiro atoms. The molecule has 0 aliphatic carbocycles. The zero-order valence-corrected chi connectivity index (χ0v) is 13.6. The van der Waals surface area contributed by atoms with Crippen molar-refractivity contribution in [3.8, 4) is 5.75 Å². The highest BCUT2D eigenvalue weighted by molar-refractivity contribution is 6.30. The van der Waals surface area contributed by atoms with Crippen LogP contribution >= 0.6 is 11.6 Å². The van der Waals surface area contributed by atoms with E-state index in [1.165, 1.54) is 6.92 Å². The smallest absolute Gasteiger partial charge is 0.251 e. The van der Waals surface area contributed by atoms with Crippen LogP contribution in [-0.2, 0) is 11.3 Å². The number of ether oxygens (including phenoxy) is 1. The molecule has 0 aliphatic heterocycles. The fraction of sp³-hybridized carbons (Fsp3) is 0.176. The number of nitrogens with one attached hydrogen (secondary N) is 2. The molecule has 6 heteroatoms. The number of amides is 2. The maximum absolute atomic E-state index is 12.1. The topological polar surface area (TPSA) is 67.4 Å². The summed E-state index contributed by atoms with van der Waals surface area (Å²) in [5.41, 5.74) is 1.93. The lowest BCUT2D eigenvalue weighted by Gasteiger charge is -2.12. The summed E-state index contributed by atoms with van der Waals surface area (Å²) in [7, 11) is 1.55. The Hall–Kier alpha value is -2.53. The van der Waals surface area contributed by atoms with Crippen LogP contribution in [0.15, 0.2) is 42.5 Å². The van der Waals surface area contributed by atoms with E-state index in [1.807, 2.05) is 0 Å². The van der Waals surface area contributed by atoms with Gasteiger partial charge >= 0.3 is 0 Å². The first-order valence-electron chi connectivity index (χ1n) is 6.98. The van der Waals surface area contributed by atoms with Crippen molar-refractivity contribution in [3.63, 3.8) is 0 Å². The van der Waals surface area contributed by atoms with Crippen molar-refractivity contribution in [1.29, 1.82) is 0 Å². The van der Waals surface area contributed by atoms with Gasteiger partial charge in [-0.2, -0.15) is 0 Å². The number of carbonyl (C=O) groups is 2. The van der Waals surface area contributed by atoms with Crippen molar-refractivity contribution in [2.45, 2.75) is 13.5 Å². The van der Waals surface area contributed by atoms with Gasteiger partial charge in [-0.1, -0.05) is 11.6 Å². The van der Waals surface area contributed by atoms with E-state index in [9.17, 15) is 9.59 Å². The van der Waals surface area contributed by atoms with Crippen LogP contribution in [0.3, 0.4) is 0 Å². The molecule has 2 rings (SSSR count). The summed E-state index contributed by atoms with van der Waals surface area (Å²) in [6.07, 6.45) is 0. The summed E-state index contributed by atoms with van der Waals surface area (Å²) in [4.78, 5) is 23.3. The predicted octanol–water partition coefficient (Wildman–Crippen LogP) is 3.24. The van der Waals surface area contributed by atoms with Crippen molar-refractivity contribution >= 4 is 29.1 Å². The molecule has 0 fully saturated rings. The van der Waals surface area contributed by atoms with Crippen molar-refractivity contribution in [1.82, 2.24) is 5.32 Å². The second kappa shape index (κ2) is 7.65. The van der Waals surface area contributed by atoms with Crippen molar-refractivity contribution in [2.24, 2.45) is 0 Å². The number of hydrogen-bond acceptors (Lipinski definition) is 3. The third-order valence-corrected chi connectivity index (χ3v) is 3.40. The maximum Gasteiger partial charge on any atom is 0.251 e. The highest BCUT2D eigenvalue weighted by Gasteiger charge is 2.09. The van der Waals surface area contributed by atoms with Gasteiger partial charge in [-0.15, -0.1) is 0 Å². The minimum atomic E-state index is -0.214. The zero-order chi connectivity index (χ0) is 16.8. The molecule has 0 saturated carbocycles. The standard InChI is InChI=1S/C17H17ClN2O3/c1-11(21)20-15-7-8-16(23-2)13(9-15)10-19-17(22)12-3-5-14(18)6-4-12/h3-9H,10H2,1-2H3,(H,19,22)(H,20,21). The molecule has 2 amide bonds. The Kier molecular flexibility index (Phi) is 5.60. The van der Waals surface area contributed by atoms with E-state index in [4.69, 9.17) is 16.3 Å². The van der Waals surface area contributed by atoms with Crippen molar-refractivity contribution < 1.29 is 14.3 Å². The quantitative estimate of drug-likeness (QED) is 0.883. The van der Waals surface area contributed by atoms with Crippen LogP contribution in [0.5, 0.6) is 5.75 Å². The minimum Gasteiger partial charge on any atom is -0.496 e. The van der Waals surface area contributed by atoms with Crippen LogP contribution in [-0.4, -0.2) is 18.9 Å². The molecule has 2 aromatic carbocycles. The highest BCUT2D eigenvalue weighted by atomic mass is 35.5. The van der Waals surface area contributed by atoms with Gasteiger partial charge in [-0.25, -0.2) is 0 Å². The Labute approximate surface area is 139 Å². The molecule has 2 aromatic rings. The minimum absolute atomic E-state index is 0.161. The maximum atomic E-state index is 12.1. The van der Waals surface area contributed by atoms with Gasteiger partial charge in [0.2, 0.25) is 5.91 Å². The third kappa shape index (κ3) is 4.72. The fourth-order valence-electron chi connectivity index (χ4n) is 2.08. The number of halogens is 1. The number of carbonyl (C=O) groups excluding carboxylic acids is 2. The normalized spacial score (nSPS) is 10.0. The number of anilines is 1. The number of methoxy groups -OCH3 is 1. The van der Waals surface area contributed by atoms with Crippen molar-refractivity contribution in [2.75, 3.05) is 12.4 Å². The second-order valence-corrected chi connectivity index (χ2v) is 5.33. The molecule has 0 bridgehead atoms. The Morgan fingerprint density at radius 3 is 2.43 bits per heavy atom. The third-order valence-electron chi connectivity index (χ3n) is 3.15. The Morgan fingerprint density at radius 2 is 1.83 bits per heavy atom. The lowest BCUT2D eigenvalue weighted by molar-refractivity contribution is -0.114. The van der Waals surface area contributed by atoms with E-state index in [2.05, 4.69) is 10.6 Å². The van der Waals surface area contributed by atoms with Gasteiger partial charge in [-0.3, -0.25) is 9.59 Å². The molecule has 0 saturated heterocycles. The van der Waals surface area contributed by atoms with Gasteiger partial charge in [0.1, 0.15) is 5.75 Å². The van der Waals surface area contributed by atoms with Gasteiger partial charge in [0, 0.05) is 35.3 Å². The van der Waals surface area contributed by atoms with Gasteiger partial charge in [0.15, 0.2) is 0 Å². The molecule has 23 heavy (non-hydrogen) atoms. The molecular weight excluding hydrogens is 316 g/mol. The van der Waals surface area contributed by atoms with E-state index < -0.39 is 0 Å². The van der Waals surface area contributed by atoms with E-state index in [-0.39, 0.29) is 18.4 Å². The van der Waals surface area contributed by atoms with Crippen molar-refractivity contribution in [3.05, 3.63) is 58.6 Å². The zero-order valence-electron chi connectivity index (χ0n) is 12.9. The predicted molar refractivity (Wildman–Crippen MR) is 89.9 cm³/mol. The van der Waals surface area contributed by atoms with Crippen LogP contribution < -0.4 is 15.4 Å². The SMILES string of the molecule is COc1ccc(NC(C)=O)cc1CNC(=O)c1ccc(Cl)cc1. The first-order valence-corrected chi connectivity index (χ1v) is 7.35. The monoisotopic (exact) mass is 332 g/mol. The molecule has 120 valence electrons. The van der Waals surface area contributed by atoms with E-state index >= 15 is 0 Å². The van der Waals surface area contributed by atoms with Crippen LogP contribution in [0.1, 0.15) is 22.8 Å². The average molecular weight is 333 g/mol. The van der Waals surface area contributed by atoms with Crippen LogP contribution in [0.2, 0.25) is 5.02 Å². The molecule has 0 radical (unpaired) electrons. The van der Waals surface area contributed by atoms with Gasteiger partial charge in [0.25, 0.3) is 5.91 Å². The van der Waals surface area contributed by atoms with Gasteiger partial charge in [-0.05, 0) is 42.5 Å². The van der Waals surface area contributed by atoms with E-state index in [1.54, 1.807) is 49.6 Å². The first kappa shape index (κ1) is 16.8. The molecule has 0 unspecified atom stereocenters. The van der Waals surface area contributed by atoms with Crippen LogP contribution in [0.4, 0.5) is 5.69 Å². The molecular formula is C17H17ClN2O3. The summed E-state index contributed by atoms with van der Waals surface area (Å²) in [5.74, 6) is 0.260. The molecule has 0 aromatic heterocycles. The molecule has 0 aliphatic rings. The summed E-state index contributed by atoms with van der Waals surface area (Å²) >= 11 is 5.81. The van der Waals surface area contributed by atoms with Gasteiger partial charge < -0.3 is 15.4 Å². The summed E-state index contributed by atoms with van der Waals surface area (Å²) in [6.45, 7) is 1.71. The number of hydrogen-bond donors (Lipinski definition) is 2. The largest absolute Gasteiger partial charge is 0.496 e. The van der Waals surface area contributed by atoms with E-state index in [0.717, 1.165) is 5.56 Å². The molecule has 0 heterocycles.